The molecule has 13 nitrogen and oxygen atoms in total. The third-order valence-corrected chi connectivity index (χ3v) is 4.46. The van der Waals surface area contributed by atoms with E-state index in [1.54, 1.807) is 48.5 Å². The van der Waals surface area contributed by atoms with E-state index in [4.69, 9.17) is 14.2 Å². The molecule has 0 aromatic carbocycles. The molecule has 0 saturated carbocycles. The van der Waals surface area contributed by atoms with Crippen LogP contribution in [-0.4, -0.2) is 88.7 Å². The zero-order chi connectivity index (χ0) is 27.1. The average Bonchev–Trinajstić information content (AvgIpc) is 2.70. The lowest BCUT2D eigenvalue weighted by Gasteiger charge is -2.37. The monoisotopic (exact) mass is 503 g/mol. The molecule has 13 heteroatoms. The summed E-state index contributed by atoms with van der Waals surface area (Å²) in [7, 11) is 1.12. The van der Waals surface area contributed by atoms with Crippen molar-refractivity contribution < 1.29 is 48.7 Å². The lowest BCUT2D eigenvalue weighted by molar-refractivity contribution is -0.149. The fraction of sp³-hybridized carbons (Fsp3) is 0.727. The molecule has 35 heavy (non-hydrogen) atoms. The van der Waals surface area contributed by atoms with Crippen LogP contribution in [0.2, 0.25) is 0 Å². The van der Waals surface area contributed by atoms with E-state index < -0.39 is 66.2 Å². The second-order valence-corrected chi connectivity index (χ2v) is 9.93. The van der Waals surface area contributed by atoms with E-state index in [1.165, 1.54) is 6.08 Å². The third-order valence-electron chi connectivity index (χ3n) is 4.46. The molecule has 1 aliphatic heterocycles. The second-order valence-electron chi connectivity index (χ2n) is 9.93. The maximum Gasteiger partial charge on any atom is 0.414 e. The number of esters is 1. The Bertz CT molecular complexity index is 796. The van der Waals surface area contributed by atoms with Crippen molar-refractivity contribution in [2.45, 2.75) is 84.0 Å². The van der Waals surface area contributed by atoms with E-state index in [1.807, 2.05) is 0 Å². The molecule has 0 fully saturated rings. The summed E-state index contributed by atoms with van der Waals surface area (Å²) in [6.07, 6.45) is -4.92. The number of hydrogen-bond acceptors (Lipinski definition) is 11. The molecule has 0 bridgehead atoms. The van der Waals surface area contributed by atoms with Crippen molar-refractivity contribution in [3.8, 4) is 0 Å². The highest BCUT2D eigenvalue weighted by atomic mass is 16.6. The van der Waals surface area contributed by atoms with Crippen LogP contribution < -0.4 is 10.6 Å². The van der Waals surface area contributed by atoms with Crippen LogP contribution in [0.5, 0.6) is 0 Å². The number of aliphatic hydroxyl groups is 3. The van der Waals surface area contributed by atoms with E-state index in [9.17, 15) is 29.7 Å². The fourth-order valence-electron chi connectivity index (χ4n) is 2.92. The highest BCUT2D eigenvalue weighted by Gasteiger charge is 2.41. The van der Waals surface area contributed by atoms with Crippen LogP contribution in [-0.2, 0) is 23.7 Å². The molecular formula is C22H37N3O10. The summed E-state index contributed by atoms with van der Waals surface area (Å²) in [6.45, 7) is 10.7. The molecule has 0 aromatic rings. The summed E-state index contributed by atoms with van der Waals surface area (Å²) in [4.78, 5) is 41.2. The summed E-state index contributed by atoms with van der Waals surface area (Å²) < 4.78 is 20.6. The minimum atomic E-state index is -1.60. The van der Waals surface area contributed by atoms with E-state index in [-0.39, 0.29) is 11.7 Å². The summed E-state index contributed by atoms with van der Waals surface area (Å²) in [5, 5.41) is 34.2. The van der Waals surface area contributed by atoms with Gasteiger partial charge in [0, 0.05) is 5.92 Å². The zero-order valence-electron chi connectivity index (χ0n) is 21.3. The van der Waals surface area contributed by atoms with Crippen molar-refractivity contribution in [2.24, 2.45) is 10.9 Å². The number of hydrogen-bond donors (Lipinski definition) is 5. The topological polar surface area (TPSA) is 185 Å². The molecule has 0 spiro atoms. The number of carbonyl (C=O) groups is 3. The van der Waals surface area contributed by atoms with Gasteiger partial charge in [0.2, 0.25) is 11.7 Å². The zero-order valence-corrected chi connectivity index (χ0v) is 21.3. The SMILES string of the molecule is COC(=O)C1=C[C@H](N=C(NC(=O)OC(C)(C)C)NC(=O)OC(C)(C)C)[C@@H](C)[C@H]([C@H](O)[C@H](O)CO)O1. The van der Waals surface area contributed by atoms with Crippen LogP contribution in [0.4, 0.5) is 9.59 Å². The Morgan fingerprint density at radius 3 is 1.94 bits per heavy atom. The highest BCUT2D eigenvalue weighted by Crippen LogP contribution is 2.29. The van der Waals surface area contributed by atoms with Gasteiger partial charge in [-0.25, -0.2) is 19.4 Å². The molecule has 0 radical (unpaired) electrons. The first kappa shape index (κ1) is 30.1. The number of nitrogens with one attached hydrogen (secondary N) is 2. The fourth-order valence-corrected chi connectivity index (χ4v) is 2.92. The second kappa shape index (κ2) is 12.2. The lowest BCUT2D eigenvalue weighted by Crippen LogP contribution is -2.51. The summed E-state index contributed by atoms with van der Waals surface area (Å²) >= 11 is 0. The van der Waals surface area contributed by atoms with Gasteiger partial charge >= 0.3 is 18.2 Å². The number of alkyl carbamates (subject to hydrolysis) is 2. The Balaban J connectivity index is 3.40. The van der Waals surface area contributed by atoms with Crippen molar-refractivity contribution in [1.82, 2.24) is 10.6 Å². The lowest BCUT2D eigenvalue weighted by atomic mass is 9.88. The highest BCUT2D eigenvalue weighted by molar-refractivity contribution is 6.01. The number of guanidine groups is 1. The standard InChI is InChI=1S/C22H37N3O10/c1-11-12(9-14(17(29)32-8)33-16(11)15(28)13(27)10-26)23-18(24-19(30)34-21(2,3)4)25-20(31)35-22(5,6)7/h9,11-13,15-16,26-28H,10H2,1-8H3,(H2,23,24,25,30,31)/t11-,12+,13-,15-,16-/m1/s1. The summed E-state index contributed by atoms with van der Waals surface area (Å²) in [5.74, 6) is -2.27. The summed E-state index contributed by atoms with van der Waals surface area (Å²) in [6, 6.07) is -0.969. The number of methoxy groups -OCH3 is 1. The Hall–Kier alpha value is -2.90. The first-order chi connectivity index (χ1) is 16.0. The summed E-state index contributed by atoms with van der Waals surface area (Å²) in [5.41, 5.74) is -1.69. The quantitative estimate of drug-likeness (QED) is 0.154. The maximum atomic E-state index is 12.4. The normalized spacial score (nSPS) is 21.9. The van der Waals surface area contributed by atoms with Gasteiger partial charge in [-0.05, 0) is 47.6 Å². The van der Waals surface area contributed by atoms with Crippen LogP contribution in [0.1, 0.15) is 48.5 Å². The largest absolute Gasteiger partial charge is 0.480 e. The van der Waals surface area contributed by atoms with Gasteiger partial charge in [-0.2, -0.15) is 0 Å². The molecular weight excluding hydrogens is 466 g/mol. The Morgan fingerprint density at radius 2 is 1.54 bits per heavy atom. The van der Waals surface area contributed by atoms with E-state index >= 15 is 0 Å². The first-order valence-electron chi connectivity index (χ1n) is 11.0. The van der Waals surface area contributed by atoms with Gasteiger partial charge in [-0.3, -0.25) is 10.6 Å². The Morgan fingerprint density at radius 1 is 1.06 bits per heavy atom. The van der Waals surface area contributed by atoms with E-state index in [0.717, 1.165) is 7.11 Å². The molecule has 1 heterocycles. The molecule has 1 aliphatic rings. The van der Waals surface area contributed by atoms with Gasteiger partial charge in [-0.1, -0.05) is 6.92 Å². The van der Waals surface area contributed by atoms with Crippen LogP contribution in [0.25, 0.3) is 0 Å². The van der Waals surface area contributed by atoms with Gasteiger partial charge in [-0.15, -0.1) is 0 Å². The number of nitrogens with zero attached hydrogens (tertiary/aromatic N) is 1. The van der Waals surface area contributed by atoms with Crippen LogP contribution in [0.3, 0.4) is 0 Å². The molecule has 5 atom stereocenters. The van der Waals surface area contributed by atoms with Crippen molar-refractivity contribution >= 4 is 24.1 Å². The van der Waals surface area contributed by atoms with E-state index in [0.29, 0.717) is 0 Å². The minimum absolute atomic E-state index is 0.317. The molecule has 0 aliphatic carbocycles. The molecule has 2 amide bonds. The minimum Gasteiger partial charge on any atom is -0.480 e. The van der Waals surface area contributed by atoms with E-state index in [2.05, 4.69) is 20.4 Å². The van der Waals surface area contributed by atoms with Gasteiger partial charge in [0.1, 0.15) is 29.5 Å². The number of carbonyl (C=O) groups excluding carboxylic acids is 3. The molecule has 5 N–H and O–H groups in total. The smallest absolute Gasteiger partial charge is 0.414 e. The number of amides is 2. The van der Waals surface area contributed by atoms with Crippen LogP contribution in [0, 0.1) is 5.92 Å². The Labute approximate surface area is 204 Å². The van der Waals surface area contributed by atoms with Gasteiger partial charge in [0.05, 0.1) is 19.8 Å². The van der Waals surface area contributed by atoms with Gasteiger partial charge < -0.3 is 34.3 Å². The van der Waals surface area contributed by atoms with Crippen molar-refractivity contribution in [3.05, 3.63) is 11.8 Å². The number of aliphatic imine (C=N–C) groups is 1. The average molecular weight is 504 g/mol. The Kier molecular flexibility index (Phi) is 10.5. The van der Waals surface area contributed by atoms with Crippen molar-refractivity contribution in [3.63, 3.8) is 0 Å². The van der Waals surface area contributed by atoms with Crippen LogP contribution in [0.15, 0.2) is 16.8 Å². The van der Waals surface area contributed by atoms with Gasteiger partial charge in [0.25, 0.3) is 0 Å². The third kappa shape index (κ3) is 10.1. The molecule has 1 rings (SSSR count). The van der Waals surface area contributed by atoms with Crippen LogP contribution >= 0.6 is 0 Å². The number of ether oxygens (including phenoxy) is 4. The van der Waals surface area contributed by atoms with Crippen molar-refractivity contribution in [2.75, 3.05) is 13.7 Å². The van der Waals surface area contributed by atoms with Crippen molar-refractivity contribution in [1.29, 1.82) is 0 Å². The molecule has 0 unspecified atom stereocenters. The molecule has 200 valence electrons. The first-order valence-corrected chi connectivity index (χ1v) is 11.0. The number of rotatable bonds is 5. The molecule has 0 aromatic heterocycles. The molecule has 0 saturated heterocycles. The van der Waals surface area contributed by atoms with Gasteiger partial charge in [0.15, 0.2) is 0 Å². The number of aliphatic hydroxyl groups excluding tert-OH is 3. The predicted molar refractivity (Wildman–Crippen MR) is 123 cm³/mol. The predicted octanol–water partition coefficient (Wildman–Crippen LogP) is 0.566. The maximum absolute atomic E-state index is 12.4.